The van der Waals surface area contributed by atoms with Crippen LogP contribution in [0.2, 0.25) is 0 Å². The van der Waals surface area contributed by atoms with E-state index in [1.165, 1.54) is 31.2 Å². The zero-order valence-corrected chi connectivity index (χ0v) is 16.6. The summed E-state index contributed by atoms with van der Waals surface area (Å²) < 4.78 is 10.3. The van der Waals surface area contributed by atoms with E-state index in [-0.39, 0.29) is 30.0 Å². The van der Waals surface area contributed by atoms with E-state index in [0.717, 1.165) is 0 Å². The van der Waals surface area contributed by atoms with Crippen molar-refractivity contribution in [1.82, 2.24) is 0 Å². The zero-order chi connectivity index (χ0) is 22.1. The van der Waals surface area contributed by atoms with Gasteiger partial charge in [0.2, 0.25) is 0 Å². The number of nitrogens with zero attached hydrogens (tertiary/aromatic N) is 1. The molecule has 1 N–H and O–H groups in total. The van der Waals surface area contributed by atoms with Crippen LogP contribution in [0.25, 0.3) is 0 Å². The maximum Gasteiger partial charge on any atom is 0.307 e. The number of para-hydroxylation sites is 2. The van der Waals surface area contributed by atoms with E-state index in [1.54, 1.807) is 24.3 Å². The van der Waals surface area contributed by atoms with E-state index in [1.807, 2.05) is 6.92 Å². The minimum atomic E-state index is -1.18. The lowest BCUT2D eigenvalue weighted by Gasteiger charge is -2.13. The largest absolute Gasteiger partial charge is 0.494 e. The van der Waals surface area contributed by atoms with Crippen LogP contribution in [0.5, 0.6) is 5.75 Å². The van der Waals surface area contributed by atoms with Gasteiger partial charge in [0.1, 0.15) is 11.4 Å². The number of ketones is 1. The number of hydrogen-bond acceptors (Lipinski definition) is 7. The van der Waals surface area contributed by atoms with Gasteiger partial charge in [0.05, 0.1) is 18.0 Å². The molecule has 0 aromatic heterocycles. The Morgan fingerprint density at radius 1 is 1.07 bits per heavy atom. The monoisotopic (exact) mass is 414 g/mol. The number of nitrogens with one attached hydrogen (secondary N) is 1. The van der Waals surface area contributed by atoms with Crippen LogP contribution in [0.1, 0.15) is 37.0 Å². The van der Waals surface area contributed by atoms with Crippen molar-refractivity contribution in [2.75, 3.05) is 11.9 Å². The number of carbonyl (C=O) groups excluding carboxylic acids is 3. The van der Waals surface area contributed by atoms with Gasteiger partial charge in [0.25, 0.3) is 11.6 Å². The molecule has 0 aliphatic heterocycles. The van der Waals surface area contributed by atoms with Gasteiger partial charge >= 0.3 is 5.97 Å². The Morgan fingerprint density at radius 2 is 1.73 bits per heavy atom. The molecular weight excluding hydrogens is 392 g/mol. The van der Waals surface area contributed by atoms with Crippen molar-refractivity contribution >= 4 is 29.0 Å². The Morgan fingerprint density at radius 3 is 2.37 bits per heavy atom. The first-order chi connectivity index (χ1) is 14.3. The second-order valence-corrected chi connectivity index (χ2v) is 6.28. The third-order valence-corrected chi connectivity index (χ3v) is 4.08. The van der Waals surface area contributed by atoms with E-state index < -0.39 is 22.9 Å². The number of nitro groups is 1. The number of carbonyl (C=O) groups is 3. The number of ether oxygens (including phenoxy) is 2. The summed E-state index contributed by atoms with van der Waals surface area (Å²) in [5.41, 5.74) is 0.167. The third-order valence-electron chi connectivity index (χ3n) is 4.08. The van der Waals surface area contributed by atoms with Crippen LogP contribution < -0.4 is 10.1 Å². The lowest BCUT2D eigenvalue weighted by molar-refractivity contribution is -0.383. The van der Waals surface area contributed by atoms with Crippen LogP contribution in [0.15, 0.2) is 48.5 Å². The Labute approximate surface area is 173 Å². The Hall–Kier alpha value is -3.75. The first-order valence-electron chi connectivity index (χ1n) is 9.31. The summed E-state index contributed by atoms with van der Waals surface area (Å²) in [6.07, 6.45) is -1.46. The number of hydrogen-bond donors (Lipinski definition) is 1. The molecule has 2 aromatic carbocycles. The van der Waals surface area contributed by atoms with Gasteiger partial charge in [0.15, 0.2) is 11.9 Å². The maximum atomic E-state index is 12.2. The molecule has 0 saturated heterocycles. The van der Waals surface area contributed by atoms with Crippen LogP contribution in [0.4, 0.5) is 11.4 Å². The molecule has 0 spiro atoms. The van der Waals surface area contributed by atoms with Crippen molar-refractivity contribution in [1.29, 1.82) is 0 Å². The van der Waals surface area contributed by atoms with Crippen molar-refractivity contribution in [3.05, 3.63) is 64.2 Å². The Bertz CT molecular complexity index is 925. The molecule has 0 fully saturated rings. The quantitative estimate of drug-likeness (QED) is 0.273. The number of esters is 1. The second kappa shape index (κ2) is 10.7. The number of anilines is 1. The average molecular weight is 414 g/mol. The number of amides is 1. The lowest BCUT2D eigenvalue weighted by Crippen LogP contribution is -2.30. The van der Waals surface area contributed by atoms with Gasteiger partial charge in [-0.1, -0.05) is 12.1 Å². The van der Waals surface area contributed by atoms with E-state index >= 15 is 0 Å². The SMILES string of the molecule is CCOc1ccc(C(=O)CCC(=O)O[C@@H](C)C(=O)Nc2ccccc2[N+](=O)[O-])cc1. The lowest BCUT2D eigenvalue weighted by atomic mass is 10.1. The third kappa shape index (κ3) is 6.40. The molecule has 9 nitrogen and oxygen atoms in total. The number of benzene rings is 2. The molecule has 0 bridgehead atoms. The average Bonchev–Trinajstić information content (AvgIpc) is 2.73. The summed E-state index contributed by atoms with van der Waals surface area (Å²) in [6, 6.07) is 12.2. The second-order valence-electron chi connectivity index (χ2n) is 6.28. The van der Waals surface area contributed by atoms with Crippen LogP contribution in [0, 0.1) is 10.1 Å². The molecule has 1 atom stereocenters. The smallest absolute Gasteiger partial charge is 0.307 e. The molecule has 1 amide bonds. The van der Waals surface area contributed by atoms with E-state index in [4.69, 9.17) is 9.47 Å². The van der Waals surface area contributed by atoms with Crippen molar-refractivity contribution in [3.8, 4) is 5.75 Å². The highest BCUT2D eigenvalue weighted by atomic mass is 16.6. The van der Waals surface area contributed by atoms with Gasteiger partial charge < -0.3 is 14.8 Å². The molecule has 0 aliphatic carbocycles. The summed E-state index contributed by atoms with van der Waals surface area (Å²) in [5.74, 6) is -1.03. The predicted molar refractivity (Wildman–Crippen MR) is 108 cm³/mol. The predicted octanol–water partition coefficient (Wildman–Crippen LogP) is 3.53. The number of rotatable bonds is 10. The first-order valence-corrected chi connectivity index (χ1v) is 9.31. The molecule has 2 aromatic rings. The van der Waals surface area contributed by atoms with E-state index in [0.29, 0.717) is 17.9 Å². The van der Waals surface area contributed by atoms with Crippen molar-refractivity contribution in [2.45, 2.75) is 32.8 Å². The zero-order valence-electron chi connectivity index (χ0n) is 16.6. The highest BCUT2D eigenvalue weighted by Gasteiger charge is 2.22. The fourth-order valence-corrected chi connectivity index (χ4v) is 2.55. The molecular formula is C21H22N2O7. The van der Waals surface area contributed by atoms with Crippen LogP contribution in [-0.2, 0) is 14.3 Å². The van der Waals surface area contributed by atoms with Crippen molar-refractivity contribution in [2.24, 2.45) is 0 Å². The van der Waals surface area contributed by atoms with Gasteiger partial charge in [-0.05, 0) is 44.2 Å². The maximum absolute atomic E-state index is 12.2. The molecule has 0 radical (unpaired) electrons. The highest BCUT2D eigenvalue weighted by molar-refractivity contribution is 5.99. The fraction of sp³-hybridized carbons (Fsp3) is 0.286. The molecule has 9 heteroatoms. The van der Waals surface area contributed by atoms with Crippen LogP contribution in [0.3, 0.4) is 0 Å². The summed E-state index contributed by atoms with van der Waals surface area (Å²) >= 11 is 0. The van der Waals surface area contributed by atoms with E-state index in [9.17, 15) is 24.5 Å². The minimum absolute atomic E-state index is 0.000997. The van der Waals surface area contributed by atoms with Crippen LogP contribution >= 0.6 is 0 Å². The molecule has 0 heterocycles. The standard InChI is InChI=1S/C21H22N2O7/c1-3-29-16-10-8-15(9-11-16)19(24)12-13-20(25)30-14(2)21(26)22-17-6-4-5-7-18(17)23(27)28/h4-11,14H,3,12-13H2,1-2H3,(H,22,26)/t14-/m0/s1. The fourth-order valence-electron chi connectivity index (χ4n) is 2.55. The minimum Gasteiger partial charge on any atom is -0.494 e. The van der Waals surface area contributed by atoms with Gasteiger partial charge in [-0.25, -0.2) is 0 Å². The van der Waals surface area contributed by atoms with Crippen LogP contribution in [-0.4, -0.2) is 35.3 Å². The summed E-state index contributed by atoms with van der Waals surface area (Å²) in [4.78, 5) is 46.7. The molecule has 2 rings (SSSR count). The normalized spacial score (nSPS) is 11.3. The van der Waals surface area contributed by atoms with Gasteiger partial charge in [-0.3, -0.25) is 24.5 Å². The number of Topliss-reactive ketones (excluding diaryl/α,β-unsaturated/α-hetero) is 1. The van der Waals surface area contributed by atoms with Gasteiger partial charge in [-0.15, -0.1) is 0 Å². The molecule has 30 heavy (non-hydrogen) atoms. The Balaban J connectivity index is 1.84. The summed E-state index contributed by atoms with van der Waals surface area (Å²) in [7, 11) is 0. The van der Waals surface area contributed by atoms with Crippen molar-refractivity contribution in [3.63, 3.8) is 0 Å². The van der Waals surface area contributed by atoms with Crippen molar-refractivity contribution < 1.29 is 28.8 Å². The topological polar surface area (TPSA) is 125 Å². The highest BCUT2D eigenvalue weighted by Crippen LogP contribution is 2.23. The van der Waals surface area contributed by atoms with E-state index in [2.05, 4.69) is 5.32 Å². The molecule has 0 unspecified atom stereocenters. The first kappa shape index (κ1) is 22.5. The Kier molecular flexibility index (Phi) is 8.04. The van der Waals surface area contributed by atoms with Gasteiger partial charge in [-0.2, -0.15) is 0 Å². The number of nitro benzene ring substituents is 1. The molecule has 0 saturated carbocycles. The molecule has 0 aliphatic rings. The summed E-state index contributed by atoms with van der Waals surface area (Å²) in [5, 5.41) is 13.4. The summed E-state index contributed by atoms with van der Waals surface area (Å²) in [6.45, 7) is 3.71. The molecule has 158 valence electrons. The van der Waals surface area contributed by atoms with Gasteiger partial charge in [0, 0.05) is 18.1 Å².